The second-order valence-electron chi connectivity index (χ2n) is 16.9. The van der Waals surface area contributed by atoms with E-state index in [4.69, 9.17) is 0 Å². The van der Waals surface area contributed by atoms with Gasteiger partial charge in [0.2, 0.25) is 0 Å². The van der Waals surface area contributed by atoms with Crippen molar-refractivity contribution in [1.29, 1.82) is 0 Å². The molecule has 0 atom stereocenters. The molecule has 0 fully saturated rings. The molecule has 9 heteroatoms. The summed E-state index contributed by atoms with van der Waals surface area (Å²) in [6, 6.07) is 23.2. The van der Waals surface area contributed by atoms with Crippen LogP contribution in [0.4, 0.5) is 28.9 Å². The van der Waals surface area contributed by atoms with Gasteiger partial charge in [0.05, 0.1) is 0 Å². The molecule has 2 aliphatic rings. The predicted octanol–water partition coefficient (Wildman–Crippen LogP) is 11.8. The van der Waals surface area contributed by atoms with Gasteiger partial charge in [-0.2, -0.15) is 0 Å². The van der Waals surface area contributed by atoms with Crippen LogP contribution >= 0.6 is 0 Å². The van der Waals surface area contributed by atoms with E-state index >= 15 is 17.6 Å². The Bertz CT molecular complexity index is 2150. The van der Waals surface area contributed by atoms with Gasteiger partial charge in [0.1, 0.15) is 0 Å². The molecule has 4 aromatic carbocycles. The summed E-state index contributed by atoms with van der Waals surface area (Å²) in [5.41, 5.74) is -0.679. The summed E-state index contributed by atoms with van der Waals surface area (Å²) in [6.45, 7) is 11.2. The van der Waals surface area contributed by atoms with E-state index in [1.165, 1.54) is 21.9 Å². The average Bonchev–Trinajstić information content (AvgIpc) is 3.96. The van der Waals surface area contributed by atoms with Crippen molar-refractivity contribution in [2.24, 2.45) is 10.8 Å². The molecule has 0 aliphatic heterocycles. The number of hydrogen-bond acceptors (Lipinski definition) is 2. The molecule has 2 amide bonds. The number of allylic oxidation sites excluding steroid dienone is 8. The van der Waals surface area contributed by atoms with Gasteiger partial charge >= 0.3 is 352 Å². The zero-order chi connectivity index (χ0) is 42.5. The van der Waals surface area contributed by atoms with E-state index in [1.807, 2.05) is 114 Å². The number of anilines is 2. The van der Waals surface area contributed by atoms with E-state index in [9.17, 15) is 9.59 Å². The fourth-order valence-electron chi connectivity index (χ4n) is 8.87. The van der Waals surface area contributed by atoms with Crippen LogP contribution in [0.25, 0.3) is 0 Å². The third kappa shape index (κ3) is 8.62. The Morgan fingerprint density at radius 2 is 0.949 bits per heavy atom. The van der Waals surface area contributed by atoms with E-state index < -0.39 is 58.4 Å². The first-order valence-electron chi connectivity index (χ1n) is 20.6. The minimum atomic E-state index is -5.41. The van der Waals surface area contributed by atoms with Crippen molar-refractivity contribution >= 4 is 30.9 Å². The molecular weight excluding hydrogens is 784 g/mol. The Morgan fingerprint density at radius 3 is 1.27 bits per heavy atom. The molecule has 0 unspecified atom stereocenters. The van der Waals surface area contributed by atoms with E-state index in [0.29, 0.717) is 33.4 Å². The summed E-state index contributed by atoms with van der Waals surface area (Å²) in [5.74, 6) is -4.65. The quantitative estimate of drug-likeness (QED) is 0.0833. The monoisotopic (exact) mass is 838 g/mol. The first-order chi connectivity index (χ1) is 28.2. The van der Waals surface area contributed by atoms with Crippen molar-refractivity contribution in [2.75, 3.05) is 9.80 Å². The summed E-state index contributed by atoms with van der Waals surface area (Å²) >= 11 is -5.41. The molecule has 0 aromatic heterocycles. The molecule has 308 valence electrons. The van der Waals surface area contributed by atoms with Crippen LogP contribution < -0.4 is 17.5 Å². The number of amides is 2. The molecule has 0 saturated heterocycles. The second-order valence-corrected chi connectivity index (χ2v) is 22.8. The number of hydrogen-bond donors (Lipinski definition) is 0. The van der Waals surface area contributed by atoms with Gasteiger partial charge in [0.25, 0.3) is 0 Å². The number of carbonyl (C=O) groups excluding carboxylic acids is 2. The second kappa shape index (κ2) is 18.2. The van der Waals surface area contributed by atoms with Crippen LogP contribution in [0.2, 0.25) is 0 Å². The average molecular weight is 839 g/mol. The molecule has 0 N–H and O–H groups in total. The van der Waals surface area contributed by atoms with Crippen molar-refractivity contribution in [3.05, 3.63) is 164 Å². The minimum absolute atomic E-state index is 0.00831. The third-order valence-corrected chi connectivity index (χ3v) is 19.7. The van der Waals surface area contributed by atoms with Gasteiger partial charge in [0, 0.05) is 0 Å². The zero-order valence-corrected chi connectivity index (χ0v) is 36.5. The van der Waals surface area contributed by atoms with Crippen LogP contribution in [0, 0.1) is 34.1 Å². The Labute approximate surface area is 350 Å². The molecular formula is C50H54F4N2O2Ti. The molecule has 4 nitrogen and oxygen atoms in total. The fourth-order valence-corrected chi connectivity index (χ4v) is 17.1. The Morgan fingerprint density at radius 1 is 0.576 bits per heavy atom. The van der Waals surface area contributed by atoms with Gasteiger partial charge in [-0.05, 0) is 0 Å². The van der Waals surface area contributed by atoms with Gasteiger partial charge in [-0.3, -0.25) is 0 Å². The maximum atomic E-state index is 18.3. The summed E-state index contributed by atoms with van der Waals surface area (Å²) in [4.78, 5) is 31.9. The molecule has 0 spiro atoms. The number of carbonyl (C=O) groups is 2. The molecule has 0 radical (unpaired) electrons. The Balaban J connectivity index is 1.68. The van der Waals surface area contributed by atoms with E-state index in [-0.39, 0.29) is 49.1 Å². The van der Waals surface area contributed by atoms with Crippen molar-refractivity contribution < 1.29 is 43.7 Å². The van der Waals surface area contributed by atoms with E-state index in [1.54, 1.807) is 24.3 Å². The van der Waals surface area contributed by atoms with Gasteiger partial charge in [0.15, 0.2) is 0 Å². The zero-order valence-electron chi connectivity index (χ0n) is 34.9. The van der Waals surface area contributed by atoms with Gasteiger partial charge < -0.3 is 0 Å². The molecule has 4 aromatic rings. The maximum absolute atomic E-state index is 18.3. The van der Waals surface area contributed by atoms with Crippen LogP contribution in [0.5, 0.6) is 0 Å². The molecule has 0 heterocycles. The fraction of sp³-hybridized carbons (Fsp3) is 0.320. The van der Waals surface area contributed by atoms with Crippen LogP contribution in [0.1, 0.15) is 91.2 Å². The third-order valence-electron chi connectivity index (χ3n) is 11.7. The molecule has 59 heavy (non-hydrogen) atoms. The van der Waals surface area contributed by atoms with Crippen LogP contribution in [-0.2, 0) is 39.3 Å². The number of benzene rings is 4. The van der Waals surface area contributed by atoms with Crippen molar-refractivity contribution in [1.82, 2.24) is 0 Å². The van der Waals surface area contributed by atoms with Crippen molar-refractivity contribution in [3.8, 4) is 0 Å². The first-order valence-corrected chi connectivity index (χ1v) is 23.7. The summed E-state index contributed by atoms with van der Waals surface area (Å²) in [6.07, 6.45) is 13.5. The first kappa shape index (κ1) is 43.8. The molecule has 6 rings (SSSR count). The Kier molecular flexibility index (Phi) is 13.5. The van der Waals surface area contributed by atoms with Crippen LogP contribution in [0.3, 0.4) is 0 Å². The number of halogens is 4. The van der Waals surface area contributed by atoms with E-state index in [2.05, 4.69) is 0 Å². The van der Waals surface area contributed by atoms with E-state index in [0.717, 1.165) is 23.3 Å². The number of nitrogens with zero attached hydrogens (tertiary/aromatic N) is 2. The van der Waals surface area contributed by atoms with Crippen molar-refractivity contribution in [3.63, 3.8) is 0 Å². The Hall–Kier alpha value is -4.79. The SMILES string of the molecule is CCCC(C)(C)C(=O)N(Cc1ccccc1)c1ccc(F)[c]([Ti]([C]2=CC=CC2)([C]2=CC=CC2)[c]2c(F)ccc(N(Cc3ccccc3)C(=O)C(C)(C)CCC)c2F)c1F. The van der Waals surface area contributed by atoms with Gasteiger partial charge in [-0.1, -0.05) is 0 Å². The van der Waals surface area contributed by atoms with Crippen LogP contribution in [0.15, 0.2) is 129 Å². The molecule has 0 bridgehead atoms. The number of rotatable bonds is 16. The summed E-state index contributed by atoms with van der Waals surface area (Å²) in [5, 5.41) is 0. The predicted molar refractivity (Wildman–Crippen MR) is 228 cm³/mol. The summed E-state index contributed by atoms with van der Waals surface area (Å²) < 4.78 is 71.3. The molecule has 0 saturated carbocycles. The summed E-state index contributed by atoms with van der Waals surface area (Å²) in [7, 11) is 0. The van der Waals surface area contributed by atoms with Gasteiger partial charge in [-0.25, -0.2) is 0 Å². The van der Waals surface area contributed by atoms with Crippen molar-refractivity contribution in [2.45, 2.75) is 93.2 Å². The molecule has 2 aliphatic carbocycles. The van der Waals surface area contributed by atoms with Gasteiger partial charge in [-0.15, -0.1) is 0 Å². The topological polar surface area (TPSA) is 40.6 Å². The standard InChI is InChI=1S/2C20H22F2NO.2C5H5.Ti/c2*1-4-12-20(2,3)19(24)23(14-15-8-6-5-7-9-15)18-11-10-16(21)13-17(18)22;2*1-2-4-5-3-1;/h2*5-11H,4,12,14H2,1-3H3;2*1-3H,4H2;. The van der Waals surface area contributed by atoms with Crippen LogP contribution in [-0.4, -0.2) is 11.8 Å². The normalized spacial score (nSPS) is 14.1.